The molecule has 1 aliphatic heterocycles. The third-order valence-electron chi connectivity index (χ3n) is 2.43. The van der Waals surface area contributed by atoms with E-state index >= 15 is 0 Å². The first kappa shape index (κ1) is 10.5. The first-order valence-corrected chi connectivity index (χ1v) is 5.01. The molecule has 1 saturated heterocycles. The normalized spacial score (nSPS) is 26.5. The number of nitrogens with one attached hydrogen (secondary N) is 1. The summed E-state index contributed by atoms with van der Waals surface area (Å²) >= 11 is 5.86. The van der Waals surface area contributed by atoms with Crippen LogP contribution in [-0.4, -0.2) is 29.0 Å². The second-order valence-electron chi connectivity index (χ2n) is 3.50. The molecule has 0 bridgehead atoms. The van der Waals surface area contributed by atoms with Crippen molar-refractivity contribution in [2.24, 2.45) is 5.18 Å². The van der Waals surface area contributed by atoms with Gasteiger partial charge in [-0.05, 0) is 5.18 Å². The van der Waals surface area contributed by atoms with Crippen molar-refractivity contribution >= 4 is 17.3 Å². The molecule has 2 rings (SSSR count). The summed E-state index contributed by atoms with van der Waals surface area (Å²) in [6.07, 6.45) is 0.737. The molecule has 15 heavy (non-hydrogen) atoms. The van der Waals surface area contributed by atoms with Gasteiger partial charge in [-0.1, -0.05) is 11.6 Å². The molecule has 0 unspecified atom stereocenters. The number of hydrogen-bond donors (Lipinski definition) is 1. The molecule has 82 valence electrons. The molecule has 1 N–H and O–H groups in total. The van der Waals surface area contributed by atoms with Crippen LogP contribution in [0.2, 0.25) is 5.15 Å². The van der Waals surface area contributed by atoms with Crippen molar-refractivity contribution in [3.63, 3.8) is 0 Å². The van der Waals surface area contributed by atoms with E-state index in [1.54, 1.807) is 0 Å². The van der Waals surface area contributed by atoms with Crippen LogP contribution < -0.4 is 5.32 Å². The number of hydrogen-bond acceptors (Lipinski definition) is 4. The molecular weight excluding hydrogens is 223 g/mol. The third-order valence-corrected chi connectivity index (χ3v) is 2.80. The summed E-state index contributed by atoms with van der Waals surface area (Å²) in [5, 5.41) is 9.76. The molecule has 0 saturated carbocycles. The van der Waals surface area contributed by atoms with Crippen molar-refractivity contribution in [1.29, 1.82) is 0 Å². The summed E-state index contributed by atoms with van der Waals surface area (Å²) in [6, 6.07) is -0.156. The van der Waals surface area contributed by atoms with Crippen LogP contribution in [0.1, 0.15) is 12.5 Å². The number of rotatable bonds is 2. The van der Waals surface area contributed by atoms with Gasteiger partial charge in [0.25, 0.3) is 0 Å². The molecule has 0 amide bonds. The van der Waals surface area contributed by atoms with Gasteiger partial charge in [-0.15, -0.1) is 4.91 Å². The Bertz CT molecular complexity index is 370. The van der Waals surface area contributed by atoms with Gasteiger partial charge in [0, 0.05) is 19.5 Å². The second-order valence-corrected chi connectivity index (χ2v) is 3.86. The van der Waals surface area contributed by atoms with E-state index in [0.717, 1.165) is 0 Å². The zero-order chi connectivity index (χ0) is 10.8. The minimum absolute atomic E-state index is 0.0950. The number of nitrogens with zero attached hydrogens (tertiary/aromatic N) is 3. The van der Waals surface area contributed by atoms with Crippen LogP contribution in [0.3, 0.4) is 0 Å². The van der Waals surface area contributed by atoms with Gasteiger partial charge in [0.05, 0.1) is 12.2 Å². The van der Waals surface area contributed by atoms with E-state index in [-0.39, 0.29) is 16.9 Å². The Kier molecular flexibility index (Phi) is 2.97. The predicted octanol–water partition coefficient (Wildman–Crippen LogP) is 1.81. The van der Waals surface area contributed by atoms with Crippen molar-refractivity contribution < 1.29 is 4.39 Å². The van der Waals surface area contributed by atoms with Crippen LogP contribution in [0.15, 0.2) is 11.4 Å². The molecule has 0 spiro atoms. The molecule has 0 radical (unpaired) electrons. The molecule has 2 heterocycles. The highest BCUT2D eigenvalue weighted by atomic mass is 35.5. The lowest BCUT2D eigenvalue weighted by Crippen LogP contribution is -2.38. The molecule has 7 heteroatoms. The summed E-state index contributed by atoms with van der Waals surface area (Å²) in [5.41, 5.74) is 0.0950. The lowest BCUT2D eigenvalue weighted by Gasteiger charge is -2.26. The van der Waals surface area contributed by atoms with Gasteiger partial charge >= 0.3 is 0 Å². The monoisotopic (exact) mass is 232 g/mol. The maximum atomic E-state index is 13.1. The molecule has 5 nitrogen and oxygen atoms in total. The van der Waals surface area contributed by atoms with E-state index in [1.807, 2.05) is 0 Å². The Morgan fingerprint density at radius 1 is 1.67 bits per heavy atom. The summed E-state index contributed by atoms with van der Waals surface area (Å²) in [5.74, 6) is 0. The molecule has 1 aliphatic rings. The molecule has 2 atom stereocenters. The Balaban J connectivity index is 2.21. The Labute approximate surface area is 90.6 Å². The largest absolute Gasteiger partial charge is 0.312 e. The molecule has 1 aromatic rings. The maximum absolute atomic E-state index is 13.1. The quantitative estimate of drug-likeness (QED) is 0.791. The van der Waals surface area contributed by atoms with Crippen LogP contribution in [0, 0.1) is 4.91 Å². The number of halogens is 2. The van der Waals surface area contributed by atoms with Gasteiger partial charge in [-0.25, -0.2) is 9.07 Å². The molecule has 1 fully saturated rings. The number of alkyl halides is 1. The van der Waals surface area contributed by atoms with Gasteiger partial charge in [-0.2, -0.15) is 5.10 Å². The molecule has 0 aliphatic carbocycles. The van der Waals surface area contributed by atoms with E-state index in [1.165, 1.54) is 10.9 Å². The summed E-state index contributed by atoms with van der Waals surface area (Å²) < 4.78 is 14.5. The Morgan fingerprint density at radius 2 is 2.47 bits per heavy atom. The van der Waals surface area contributed by atoms with E-state index < -0.39 is 6.17 Å². The van der Waals surface area contributed by atoms with Crippen LogP contribution in [-0.2, 0) is 0 Å². The van der Waals surface area contributed by atoms with Gasteiger partial charge in [-0.3, -0.25) is 0 Å². The highest BCUT2D eigenvalue weighted by Gasteiger charge is 2.25. The minimum Gasteiger partial charge on any atom is -0.312 e. The first-order valence-electron chi connectivity index (χ1n) is 4.63. The molecular formula is C8H10ClFN4O. The molecule has 0 aromatic carbocycles. The maximum Gasteiger partial charge on any atom is 0.164 e. The topological polar surface area (TPSA) is 59.3 Å². The summed E-state index contributed by atoms with van der Waals surface area (Å²) in [6.45, 7) is 0.953. The van der Waals surface area contributed by atoms with E-state index in [2.05, 4.69) is 15.6 Å². The Hall–Kier alpha value is -1.01. The lowest BCUT2D eigenvalue weighted by molar-refractivity contribution is 0.208. The van der Waals surface area contributed by atoms with Crippen molar-refractivity contribution in [2.75, 3.05) is 13.1 Å². The standard InChI is InChI=1S/C8H10ClFN4O/c9-8-7(13-15)4-12-14(8)6-1-5(10)2-11-3-6/h4-6,11H,1-3H2/t5-,6-/m0/s1. The fraction of sp³-hybridized carbons (Fsp3) is 0.625. The fourth-order valence-corrected chi connectivity index (χ4v) is 1.97. The Morgan fingerprint density at radius 3 is 3.07 bits per heavy atom. The number of piperidine rings is 1. The molecule has 1 aromatic heterocycles. The smallest absolute Gasteiger partial charge is 0.164 e. The van der Waals surface area contributed by atoms with Crippen LogP contribution in [0.25, 0.3) is 0 Å². The third kappa shape index (κ3) is 2.00. The first-order chi connectivity index (χ1) is 7.22. The highest BCUT2D eigenvalue weighted by molar-refractivity contribution is 6.31. The predicted molar refractivity (Wildman–Crippen MR) is 54.1 cm³/mol. The minimum atomic E-state index is -0.906. The average Bonchev–Trinajstić information content (AvgIpc) is 2.59. The van der Waals surface area contributed by atoms with Crippen molar-refractivity contribution in [1.82, 2.24) is 15.1 Å². The zero-order valence-corrected chi connectivity index (χ0v) is 8.62. The van der Waals surface area contributed by atoms with Crippen LogP contribution >= 0.6 is 11.6 Å². The number of aromatic nitrogens is 2. The zero-order valence-electron chi connectivity index (χ0n) is 7.86. The van der Waals surface area contributed by atoms with Gasteiger partial charge in [0.2, 0.25) is 0 Å². The van der Waals surface area contributed by atoms with E-state index in [0.29, 0.717) is 19.5 Å². The van der Waals surface area contributed by atoms with Crippen molar-refractivity contribution in [3.05, 3.63) is 16.3 Å². The van der Waals surface area contributed by atoms with Gasteiger partial charge in [0.15, 0.2) is 10.8 Å². The summed E-state index contributed by atoms with van der Waals surface area (Å²) in [7, 11) is 0. The van der Waals surface area contributed by atoms with Crippen molar-refractivity contribution in [3.8, 4) is 0 Å². The van der Waals surface area contributed by atoms with E-state index in [9.17, 15) is 9.30 Å². The highest BCUT2D eigenvalue weighted by Crippen LogP contribution is 2.29. The lowest BCUT2D eigenvalue weighted by atomic mass is 10.1. The number of nitroso groups, excluding NO2 is 1. The fourth-order valence-electron chi connectivity index (χ4n) is 1.71. The summed E-state index contributed by atoms with van der Waals surface area (Å²) in [4.78, 5) is 10.3. The van der Waals surface area contributed by atoms with Crippen LogP contribution in [0.5, 0.6) is 0 Å². The van der Waals surface area contributed by atoms with Crippen molar-refractivity contribution in [2.45, 2.75) is 18.6 Å². The van der Waals surface area contributed by atoms with Gasteiger partial charge in [0.1, 0.15) is 6.17 Å². The average molecular weight is 233 g/mol. The SMILES string of the molecule is O=Nc1cnn([C@@H]2CNC[C@@H](F)C2)c1Cl. The van der Waals surface area contributed by atoms with Crippen LogP contribution in [0.4, 0.5) is 10.1 Å². The second kappa shape index (κ2) is 4.24. The van der Waals surface area contributed by atoms with Gasteiger partial charge < -0.3 is 5.32 Å². The van der Waals surface area contributed by atoms with E-state index in [4.69, 9.17) is 11.6 Å².